The summed E-state index contributed by atoms with van der Waals surface area (Å²) in [5.41, 5.74) is 3.74. The van der Waals surface area contributed by atoms with Crippen LogP contribution in [0, 0.1) is 19.8 Å². The molecule has 0 spiro atoms. The zero-order valence-corrected chi connectivity index (χ0v) is 18.6. The zero-order chi connectivity index (χ0) is 22.0. The second-order valence-corrected chi connectivity index (χ2v) is 9.40. The Labute approximate surface area is 186 Å². The predicted octanol–water partition coefficient (Wildman–Crippen LogP) is 4.80. The van der Waals surface area contributed by atoms with E-state index in [9.17, 15) is 14.7 Å². The number of hydrogen-bond acceptors (Lipinski definition) is 5. The van der Waals surface area contributed by atoms with Gasteiger partial charge in [0.1, 0.15) is 5.75 Å². The van der Waals surface area contributed by atoms with E-state index >= 15 is 0 Å². The largest absolute Gasteiger partial charge is 0.508 e. The van der Waals surface area contributed by atoms with Crippen LogP contribution >= 0.6 is 11.3 Å². The van der Waals surface area contributed by atoms with E-state index in [1.165, 1.54) is 17.7 Å². The van der Waals surface area contributed by atoms with Crippen molar-refractivity contribution >= 4 is 23.0 Å². The number of amides is 1. The fraction of sp³-hybridized carbons (Fsp3) is 0.320. The van der Waals surface area contributed by atoms with Gasteiger partial charge in [0.2, 0.25) is 5.91 Å². The van der Waals surface area contributed by atoms with E-state index in [4.69, 9.17) is 0 Å². The molecule has 1 aliphatic rings. The third kappa shape index (κ3) is 4.85. The number of likely N-dealkylation sites (tertiary alicyclic amines) is 1. The van der Waals surface area contributed by atoms with Gasteiger partial charge < -0.3 is 10.0 Å². The normalized spacial score (nSPS) is 14.6. The predicted molar refractivity (Wildman–Crippen MR) is 122 cm³/mol. The molecule has 1 aromatic heterocycles. The van der Waals surface area contributed by atoms with Crippen LogP contribution in [-0.4, -0.2) is 39.8 Å². The Morgan fingerprint density at radius 2 is 1.68 bits per heavy atom. The highest BCUT2D eigenvalue weighted by Gasteiger charge is 2.28. The molecular weight excluding hydrogens is 408 g/mol. The number of carbonyl (C=O) groups excluding carboxylic acids is 2. The van der Waals surface area contributed by atoms with Crippen LogP contribution in [0.3, 0.4) is 0 Å². The lowest BCUT2D eigenvalue weighted by molar-refractivity contribution is -0.131. The highest BCUT2D eigenvalue weighted by Crippen LogP contribution is 2.30. The standard InChI is InChI=1S/C25H26N2O3S/c1-16-3-5-18(6-4-16)24-22(31-17(2)26-24)15-23(29)27-13-11-20(12-14-27)25(30)19-7-9-21(28)10-8-19/h3-10,20,28H,11-15H2,1-2H3. The molecule has 0 radical (unpaired) electrons. The van der Waals surface area contributed by atoms with Crippen LogP contribution < -0.4 is 0 Å². The van der Waals surface area contributed by atoms with Crippen molar-refractivity contribution in [2.45, 2.75) is 33.1 Å². The van der Waals surface area contributed by atoms with Crippen LogP contribution in [0.2, 0.25) is 0 Å². The molecule has 3 aromatic rings. The Kier molecular flexibility index (Phi) is 6.18. The van der Waals surface area contributed by atoms with Crippen LogP contribution in [0.25, 0.3) is 11.3 Å². The SMILES string of the molecule is Cc1ccc(-c2nc(C)sc2CC(=O)N2CCC(C(=O)c3ccc(O)cc3)CC2)cc1. The molecule has 1 aliphatic heterocycles. The van der Waals surface area contributed by atoms with E-state index in [0.29, 0.717) is 37.9 Å². The van der Waals surface area contributed by atoms with Gasteiger partial charge in [-0.25, -0.2) is 4.98 Å². The molecule has 0 unspecified atom stereocenters. The molecule has 2 aromatic carbocycles. The van der Waals surface area contributed by atoms with Crippen LogP contribution in [0.5, 0.6) is 5.75 Å². The number of thiazole rings is 1. The van der Waals surface area contributed by atoms with Crippen molar-refractivity contribution in [3.63, 3.8) is 0 Å². The highest BCUT2D eigenvalue weighted by molar-refractivity contribution is 7.12. The van der Waals surface area contributed by atoms with Gasteiger partial charge in [0, 0.05) is 35.0 Å². The number of hydrogen-bond donors (Lipinski definition) is 1. The second-order valence-electron chi connectivity index (χ2n) is 8.11. The Morgan fingerprint density at radius 1 is 1.03 bits per heavy atom. The number of Topliss-reactive ketones (excluding diaryl/α,β-unsaturated/α-hetero) is 1. The van der Waals surface area contributed by atoms with Gasteiger partial charge in [-0.15, -0.1) is 11.3 Å². The summed E-state index contributed by atoms with van der Waals surface area (Å²) in [6.45, 7) is 5.20. The average molecular weight is 435 g/mol. The molecule has 160 valence electrons. The number of piperidine rings is 1. The maximum atomic E-state index is 13.0. The number of aromatic hydroxyl groups is 1. The fourth-order valence-corrected chi connectivity index (χ4v) is 4.98. The van der Waals surface area contributed by atoms with E-state index in [0.717, 1.165) is 21.1 Å². The Bertz CT molecular complexity index is 1080. The van der Waals surface area contributed by atoms with Gasteiger partial charge in [0.05, 0.1) is 17.1 Å². The first-order valence-corrected chi connectivity index (χ1v) is 11.4. The molecular formula is C25H26N2O3S. The molecule has 0 atom stereocenters. The molecule has 31 heavy (non-hydrogen) atoms. The van der Waals surface area contributed by atoms with Crippen molar-refractivity contribution < 1.29 is 14.7 Å². The number of carbonyl (C=O) groups is 2. The summed E-state index contributed by atoms with van der Waals surface area (Å²) >= 11 is 1.58. The molecule has 1 amide bonds. The number of benzene rings is 2. The van der Waals surface area contributed by atoms with Crippen LogP contribution in [0.4, 0.5) is 0 Å². The molecule has 5 nitrogen and oxygen atoms in total. The summed E-state index contributed by atoms with van der Waals surface area (Å²) in [5, 5.41) is 10.4. The molecule has 1 fully saturated rings. The van der Waals surface area contributed by atoms with Gasteiger partial charge >= 0.3 is 0 Å². The second kappa shape index (κ2) is 9.02. The number of phenolic OH excluding ortho intramolecular Hbond substituents is 1. The monoisotopic (exact) mass is 434 g/mol. The maximum Gasteiger partial charge on any atom is 0.227 e. The average Bonchev–Trinajstić information content (AvgIpc) is 3.14. The number of rotatable bonds is 5. The molecule has 1 saturated heterocycles. The van der Waals surface area contributed by atoms with Gasteiger partial charge in [0.25, 0.3) is 0 Å². The molecule has 4 rings (SSSR count). The van der Waals surface area contributed by atoms with Crippen LogP contribution in [-0.2, 0) is 11.2 Å². The summed E-state index contributed by atoms with van der Waals surface area (Å²) < 4.78 is 0. The molecule has 6 heteroatoms. The zero-order valence-electron chi connectivity index (χ0n) is 17.8. The lowest BCUT2D eigenvalue weighted by Gasteiger charge is -2.31. The minimum atomic E-state index is -0.0811. The third-order valence-corrected chi connectivity index (χ3v) is 6.78. The van der Waals surface area contributed by atoms with Crippen molar-refractivity contribution in [3.8, 4) is 17.0 Å². The number of phenols is 1. The molecule has 2 heterocycles. The lowest BCUT2D eigenvalue weighted by atomic mass is 9.88. The number of ketones is 1. The van der Waals surface area contributed by atoms with Gasteiger partial charge in [-0.05, 0) is 51.0 Å². The maximum absolute atomic E-state index is 13.0. The lowest BCUT2D eigenvalue weighted by Crippen LogP contribution is -2.41. The quantitative estimate of drug-likeness (QED) is 0.586. The van der Waals surface area contributed by atoms with Crippen molar-refractivity contribution in [2.75, 3.05) is 13.1 Å². The molecule has 0 saturated carbocycles. The summed E-state index contributed by atoms with van der Waals surface area (Å²) in [6.07, 6.45) is 1.67. The molecule has 0 bridgehead atoms. The third-order valence-electron chi connectivity index (χ3n) is 5.81. The summed E-state index contributed by atoms with van der Waals surface area (Å²) in [4.78, 5) is 33.2. The summed E-state index contributed by atoms with van der Waals surface area (Å²) in [7, 11) is 0. The van der Waals surface area contributed by atoms with Crippen molar-refractivity contribution in [2.24, 2.45) is 5.92 Å². The Hall–Kier alpha value is -2.99. The first-order chi connectivity index (χ1) is 14.9. The highest BCUT2D eigenvalue weighted by atomic mass is 32.1. The van der Waals surface area contributed by atoms with Crippen molar-refractivity contribution in [1.29, 1.82) is 0 Å². The number of nitrogens with zero attached hydrogens (tertiary/aromatic N) is 2. The Balaban J connectivity index is 1.39. The van der Waals surface area contributed by atoms with Crippen molar-refractivity contribution in [3.05, 3.63) is 69.5 Å². The van der Waals surface area contributed by atoms with Crippen LogP contribution in [0.1, 0.15) is 38.6 Å². The van der Waals surface area contributed by atoms with Crippen molar-refractivity contribution in [1.82, 2.24) is 9.88 Å². The summed E-state index contributed by atoms with van der Waals surface area (Å²) in [6, 6.07) is 14.6. The van der Waals surface area contributed by atoms with Gasteiger partial charge in [0.15, 0.2) is 5.78 Å². The minimum absolute atomic E-state index is 0.0811. The van der Waals surface area contributed by atoms with E-state index < -0.39 is 0 Å². The van der Waals surface area contributed by atoms with Gasteiger partial charge in [-0.2, -0.15) is 0 Å². The van der Waals surface area contributed by atoms with Gasteiger partial charge in [-0.1, -0.05) is 29.8 Å². The van der Waals surface area contributed by atoms with Gasteiger partial charge in [-0.3, -0.25) is 9.59 Å². The van der Waals surface area contributed by atoms with Crippen LogP contribution in [0.15, 0.2) is 48.5 Å². The first kappa shape index (κ1) is 21.2. The smallest absolute Gasteiger partial charge is 0.227 e. The molecule has 1 N–H and O–H groups in total. The molecule has 0 aliphatic carbocycles. The number of aryl methyl sites for hydroxylation is 2. The number of aromatic nitrogens is 1. The van der Waals surface area contributed by atoms with E-state index in [-0.39, 0.29) is 23.4 Å². The van der Waals surface area contributed by atoms with E-state index in [1.54, 1.807) is 23.5 Å². The summed E-state index contributed by atoms with van der Waals surface area (Å²) in [5.74, 6) is 0.252. The Morgan fingerprint density at radius 3 is 2.32 bits per heavy atom. The van der Waals surface area contributed by atoms with E-state index in [2.05, 4.69) is 36.2 Å². The first-order valence-electron chi connectivity index (χ1n) is 10.5. The minimum Gasteiger partial charge on any atom is -0.508 e. The topological polar surface area (TPSA) is 70.5 Å². The van der Waals surface area contributed by atoms with E-state index in [1.807, 2.05) is 11.8 Å². The fourth-order valence-electron chi connectivity index (χ4n) is 4.03.